The molecule has 0 radical (unpaired) electrons. The predicted octanol–water partition coefficient (Wildman–Crippen LogP) is 4.33. The minimum atomic E-state index is -0.183. The van der Waals surface area contributed by atoms with E-state index in [0.29, 0.717) is 5.56 Å². The Morgan fingerprint density at radius 3 is 2.17 bits per heavy atom. The molecule has 3 nitrogen and oxygen atoms in total. The fourth-order valence-corrected chi connectivity index (χ4v) is 2.26. The Morgan fingerprint density at radius 1 is 1.00 bits per heavy atom. The standard InChI is InChI=1S/C20H24N2O/c1-15(14-16-8-6-5-7-9-16)21-22-19(23)17-10-12-18(13-11-17)20(2,3)4/h5-13H,14H2,1-4H3,(H,22,23)/b21-15-. The van der Waals surface area contributed by atoms with E-state index in [1.54, 1.807) is 0 Å². The minimum absolute atomic E-state index is 0.0828. The van der Waals surface area contributed by atoms with Gasteiger partial charge in [0.1, 0.15) is 0 Å². The first-order valence-corrected chi connectivity index (χ1v) is 7.84. The number of amides is 1. The van der Waals surface area contributed by atoms with Gasteiger partial charge in [0.25, 0.3) is 5.91 Å². The fourth-order valence-electron chi connectivity index (χ4n) is 2.26. The number of hydrogen-bond donors (Lipinski definition) is 1. The highest BCUT2D eigenvalue weighted by Crippen LogP contribution is 2.22. The van der Waals surface area contributed by atoms with E-state index in [1.165, 1.54) is 11.1 Å². The van der Waals surface area contributed by atoms with Crippen molar-refractivity contribution in [1.82, 2.24) is 5.43 Å². The number of rotatable bonds is 4. The number of nitrogens with zero attached hydrogens (tertiary/aromatic N) is 1. The van der Waals surface area contributed by atoms with Gasteiger partial charge < -0.3 is 0 Å². The summed E-state index contributed by atoms with van der Waals surface area (Å²) in [5.74, 6) is -0.183. The molecular weight excluding hydrogens is 284 g/mol. The van der Waals surface area contributed by atoms with Gasteiger partial charge in [-0.25, -0.2) is 5.43 Å². The second-order valence-electron chi connectivity index (χ2n) is 6.78. The number of hydrogen-bond acceptors (Lipinski definition) is 2. The lowest BCUT2D eigenvalue weighted by molar-refractivity contribution is 0.0954. The van der Waals surface area contributed by atoms with Crippen LogP contribution in [0.2, 0.25) is 0 Å². The van der Waals surface area contributed by atoms with Crippen LogP contribution in [-0.2, 0) is 11.8 Å². The Hall–Kier alpha value is -2.42. The van der Waals surface area contributed by atoms with Gasteiger partial charge in [0.2, 0.25) is 0 Å². The maximum Gasteiger partial charge on any atom is 0.271 e. The normalized spacial score (nSPS) is 12.1. The summed E-state index contributed by atoms with van der Waals surface area (Å²) in [5.41, 5.74) is 6.58. The number of nitrogens with one attached hydrogen (secondary N) is 1. The van der Waals surface area contributed by atoms with Crippen LogP contribution >= 0.6 is 0 Å². The molecule has 2 rings (SSSR count). The van der Waals surface area contributed by atoms with Crippen LogP contribution in [0.15, 0.2) is 59.7 Å². The average molecular weight is 308 g/mol. The van der Waals surface area contributed by atoms with Gasteiger partial charge in [-0.3, -0.25) is 4.79 Å². The lowest BCUT2D eigenvalue weighted by atomic mass is 9.87. The molecule has 23 heavy (non-hydrogen) atoms. The van der Waals surface area contributed by atoms with Crippen LogP contribution in [0.5, 0.6) is 0 Å². The van der Waals surface area contributed by atoms with Crippen molar-refractivity contribution in [2.24, 2.45) is 5.10 Å². The van der Waals surface area contributed by atoms with Crippen molar-refractivity contribution >= 4 is 11.6 Å². The summed E-state index contributed by atoms with van der Waals surface area (Å²) in [7, 11) is 0. The first-order chi connectivity index (χ1) is 10.9. The lowest BCUT2D eigenvalue weighted by Gasteiger charge is -2.18. The molecule has 0 aromatic heterocycles. The summed E-state index contributed by atoms with van der Waals surface area (Å²) in [6.07, 6.45) is 0.726. The summed E-state index contributed by atoms with van der Waals surface area (Å²) < 4.78 is 0. The molecule has 0 spiro atoms. The Labute approximate surface area is 138 Å². The molecule has 2 aromatic carbocycles. The molecule has 0 fully saturated rings. The van der Waals surface area contributed by atoms with E-state index in [4.69, 9.17) is 0 Å². The second-order valence-corrected chi connectivity index (χ2v) is 6.78. The van der Waals surface area contributed by atoms with Gasteiger partial charge in [-0.15, -0.1) is 0 Å². The largest absolute Gasteiger partial charge is 0.271 e. The number of hydrazone groups is 1. The first-order valence-electron chi connectivity index (χ1n) is 7.84. The lowest BCUT2D eigenvalue weighted by Crippen LogP contribution is -2.20. The summed E-state index contributed by atoms with van der Waals surface area (Å²) in [5, 5.41) is 4.18. The molecule has 0 atom stereocenters. The third-order valence-corrected chi connectivity index (χ3v) is 3.66. The van der Waals surface area contributed by atoms with E-state index in [9.17, 15) is 4.79 Å². The molecule has 0 saturated carbocycles. The Bertz CT molecular complexity index is 680. The van der Waals surface area contributed by atoms with E-state index >= 15 is 0 Å². The van der Waals surface area contributed by atoms with Gasteiger partial charge in [0.05, 0.1) is 0 Å². The van der Waals surface area contributed by atoms with E-state index in [1.807, 2.05) is 61.5 Å². The van der Waals surface area contributed by atoms with Crippen LogP contribution in [0.1, 0.15) is 49.2 Å². The third-order valence-electron chi connectivity index (χ3n) is 3.66. The van der Waals surface area contributed by atoms with Crippen molar-refractivity contribution in [3.63, 3.8) is 0 Å². The molecular formula is C20H24N2O. The Balaban J connectivity index is 1.97. The summed E-state index contributed by atoms with van der Waals surface area (Å²) >= 11 is 0. The highest BCUT2D eigenvalue weighted by Gasteiger charge is 2.14. The zero-order chi connectivity index (χ0) is 16.9. The topological polar surface area (TPSA) is 41.5 Å². The van der Waals surface area contributed by atoms with Crippen LogP contribution in [0.3, 0.4) is 0 Å². The summed E-state index contributed by atoms with van der Waals surface area (Å²) in [6, 6.07) is 17.8. The van der Waals surface area contributed by atoms with Crippen molar-refractivity contribution < 1.29 is 4.79 Å². The quantitative estimate of drug-likeness (QED) is 0.663. The van der Waals surface area contributed by atoms with Crippen molar-refractivity contribution in [3.05, 3.63) is 71.3 Å². The molecule has 0 aliphatic rings. The highest BCUT2D eigenvalue weighted by atomic mass is 16.2. The zero-order valence-electron chi connectivity index (χ0n) is 14.3. The van der Waals surface area contributed by atoms with Crippen LogP contribution < -0.4 is 5.43 Å². The van der Waals surface area contributed by atoms with Crippen molar-refractivity contribution in [2.75, 3.05) is 0 Å². The maximum atomic E-state index is 12.1. The molecule has 0 aliphatic carbocycles. The Kier molecular flexibility index (Phi) is 5.32. The molecule has 0 saturated heterocycles. The molecule has 120 valence electrons. The van der Waals surface area contributed by atoms with Gasteiger partial charge >= 0.3 is 0 Å². The molecule has 2 aromatic rings. The number of benzene rings is 2. The zero-order valence-corrected chi connectivity index (χ0v) is 14.3. The number of carbonyl (C=O) groups excluding carboxylic acids is 1. The smallest absolute Gasteiger partial charge is 0.267 e. The average Bonchev–Trinajstić information content (AvgIpc) is 2.53. The van der Waals surface area contributed by atoms with Crippen molar-refractivity contribution in [3.8, 4) is 0 Å². The monoisotopic (exact) mass is 308 g/mol. The Morgan fingerprint density at radius 2 is 1.61 bits per heavy atom. The predicted molar refractivity (Wildman–Crippen MR) is 95.9 cm³/mol. The van der Waals surface area contributed by atoms with Gasteiger partial charge in [0, 0.05) is 17.7 Å². The van der Waals surface area contributed by atoms with Crippen LogP contribution in [0, 0.1) is 0 Å². The van der Waals surface area contributed by atoms with Crippen molar-refractivity contribution in [1.29, 1.82) is 0 Å². The van der Waals surface area contributed by atoms with E-state index < -0.39 is 0 Å². The summed E-state index contributed by atoms with van der Waals surface area (Å²) in [6.45, 7) is 8.37. The molecule has 1 amide bonds. The summed E-state index contributed by atoms with van der Waals surface area (Å²) in [4.78, 5) is 12.1. The molecule has 0 bridgehead atoms. The van der Waals surface area contributed by atoms with Gasteiger partial charge in [-0.1, -0.05) is 63.2 Å². The molecule has 0 heterocycles. The molecule has 3 heteroatoms. The SMILES string of the molecule is C/C(Cc1ccccc1)=N/NC(=O)c1ccc(C(C)(C)C)cc1. The van der Waals surface area contributed by atoms with Crippen LogP contribution in [-0.4, -0.2) is 11.6 Å². The molecule has 0 unspecified atom stereocenters. The third kappa shape index (κ3) is 5.06. The molecule has 1 N–H and O–H groups in total. The maximum absolute atomic E-state index is 12.1. The van der Waals surface area contributed by atoms with E-state index in [-0.39, 0.29) is 11.3 Å². The van der Waals surface area contributed by atoms with Gasteiger partial charge in [-0.2, -0.15) is 5.10 Å². The van der Waals surface area contributed by atoms with Gasteiger partial charge in [-0.05, 0) is 35.6 Å². The van der Waals surface area contributed by atoms with Crippen LogP contribution in [0.4, 0.5) is 0 Å². The van der Waals surface area contributed by atoms with E-state index in [2.05, 4.69) is 31.3 Å². The van der Waals surface area contributed by atoms with Crippen LogP contribution in [0.25, 0.3) is 0 Å². The van der Waals surface area contributed by atoms with E-state index in [0.717, 1.165) is 12.1 Å². The minimum Gasteiger partial charge on any atom is -0.267 e. The first kappa shape index (κ1) is 16.9. The van der Waals surface area contributed by atoms with Gasteiger partial charge in [0.15, 0.2) is 0 Å². The highest BCUT2D eigenvalue weighted by molar-refractivity contribution is 5.95. The number of carbonyl (C=O) groups is 1. The fraction of sp³-hybridized carbons (Fsp3) is 0.300. The second kappa shape index (κ2) is 7.23. The molecule has 0 aliphatic heterocycles. The van der Waals surface area contributed by atoms with Crippen molar-refractivity contribution in [2.45, 2.75) is 39.5 Å².